The van der Waals surface area contributed by atoms with E-state index < -0.39 is 69.9 Å². The van der Waals surface area contributed by atoms with Crippen LogP contribution in [0.4, 0.5) is 4.79 Å². The van der Waals surface area contributed by atoms with Crippen LogP contribution in [0.3, 0.4) is 0 Å². The number of ketones is 1. The lowest BCUT2D eigenvalue weighted by molar-refractivity contribution is -0.153. The highest BCUT2D eigenvalue weighted by molar-refractivity contribution is 6.38. The van der Waals surface area contributed by atoms with Crippen LogP contribution < -0.4 is 21.3 Å². The Balaban J connectivity index is 2.35. The lowest BCUT2D eigenvalue weighted by Crippen LogP contribution is -2.63. The molecular weight excluding hydrogens is 652 g/mol. The molecule has 5 atom stereocenters. The first kappa shape index (κ1) is 43.0. The highest BCUT2D eigenvalue weighted by Crippen LogP contribution is 2.34. The summed E-state index contributed by atoms with van der Waals surface area (Å²) in [5.74, 6) is -1.25. The van der Waals surface area contributed by atoms with Crippen LogP contribution in [-0.4, -0.2) is 95.0 Å². The van der Waals surface area contributed by atoms with Crippen LogP contribution in [0.5, 0.6) is 0 Å². The molecule has 2 aliphatic heterocycles. The zero-order valence-corrected chi connectivity index (χ0v) is 32.2. The monoisotopic (exact) mass is 712 g/mol. The fourth-order valence-corrected chi connectivity index (χ4v) is 6.54. The maximum absolute atomic E-state index is 14.4. The summed E-state index contributed by atoms with van der Waals surface area (Å²) in [7, 11) is 0. The SMILES string of the molecule is C#CCCC(NC(=O)[C@@H]1C(C(C)C)CCN1C(=O)[C@@H](NC(=O)NC(CN1C(=O)CC(C)(C)CC1=O)C(C)(C)C)C(C)(C)C)C(=O)C(=O)NCC=C. The number of likely N-dealkylation sites (tertiary alicyclic amines) is 2. The number of nitrogens with one attached hydrogen (secondary N) is 4. The molecule has 0 saturated carbocycles. The molecule has 51 heavy (non-hydrogen) atoms. The number of Topliss-reactive ketones (excluding diaryl/α,β-unsaturated/α-hetero) is 1. The quantitative estimate of drug-likeness (QED) is 0.0928. The molecule has 7 amide bonds. The third kappa shape index (κ3) is 11.7. The Labute approximate surface area is 303 Å². The maximum atomic E-state index is 14.4. The minimum Gasteiger partial charge on any atom is -0.346 e. The van der Waals surface area contributed by atoms with Crippen molar-refractivity contribution in [1.82, 2.24) is 31.1 Å². The number of piperidine rings is 1. The van der Waals surface area contributed by atoms with Gasteiger partial charge in [0.15, 0.2) is 0 Å². The number of hydrogen-bond acceptors (Lipinski definition) is 7. The van der Waals surface area contributed by atoms with Gasteiger partial charge in [0.2, 0.25) is 29.4 Å². The molecular formula is C38H60N6O7. The Morgan fingerprint density at radius 3 is 2.06 bits per heavy atom. The van der Waals surface area contributed by atoms with Gasteiger partial charge in [-0.25, -0.2) is 4.79 Å². The van der Waals surface area contributed by atoms with Crippen molar-refractivity contribution in [3.05, 3.63) is 12.7 Å². The summed E-state index contributed by atoms with van der Waals surface area (Å²) in [4.78, 5) is 96.2. The number of rotatable bonds is 14. The summed E-state index contributed by atoms with van der Waals surface area (Å²) >= 11 is 0. The van der Waals surface area contributed by atoms with Gasteiger partial charge >= 0.3 is 6.03 Å². The van der Waals surface area contributed by atoms with Gasteiger partial charge in [0, 0.05) is 38.9 Å². The third-order valence-corrected chi connectivity index (χ3v) is 9.66. The summed E-state index contributed by atoms with van der Waals surface area (Å²) in [6.07, 6.45) is 7.96. The first-order chi connectivity index (χ1) is 23.4. The molecule has 13 nitrogen and oxygen atoms in total. The molecule has 0 aromatic heterocycles. The third-order valence-electron chi connectivity index (χ3n) is 9.66. The molecule has 2 fully saturated rings. The van der Waals surface area contributed by atoms with Crippen molar-refractivity contribution in [3.8, 4) is 12.3 Å². The number of imide groups is 1. The standard InChI is InChI=1S/C38H60N6O7/c1-13-15-16-25(30(47)33(49)39-18-14-2)40-32(48)29-24(23(3)4)17-19-43(29)34(50)31(37(8,9)10)42-35(51)41-26(36(5,6)7)22-44-27(45)20-38(11,12)21-28(44)46/h1,14,23-26,29,31H,2,15-22H2,3-12H3,(H,39,49)(H,40,48)(H2,41,42,51)/t24?,25?,26?,29-,31+/m0/s1. The molecule has 2 saturated heterocycles. The fraction of sp³-hybridized carbons (Fsp3) is 0.711. The Hall–Kier alpha value is -4.21. The van der Waals surface area contributed by atoms with Crippen LogP contribution >= 0.6 is 0 Å². The Morgan fingerprint density at radius 1 is 0.980 bits per heavy atom. The number of terminal acetylenes is 1. The van der Waals surface area contributed by atoms with Crippen molar-refractivity contribution in [2.75, 3.05) is 19.6 Å². The predicted octanol–water partition coefficient (Wildman–Crippen LogP) is 2.93. The molecule has 4 N–H and O–H groups in total. The van der Waals surface area contributed by atoms with Crippen LogP contribution in [0.2, 0.25) is 0 Å². The molecule has 2 aliphatic rings. The fourth-order valence-electron chi connectivity index (χ4n) is 6.54. The number of carbonyl (C=O) groups is 7. The number of amides is 7. The van der Waals surface area contributed by atoms with E-state index in [2.05, 4.69) is 33.8 Å². The van der Waals surface area contributed by atoms with E-state index in [9.17, 15) is 33.6 Å². The van der Waals surface area contributed by atoms with Gasteiger partial charge in [-0.3, -0.25) is 33.7 Å². The zero-order chi connectivity index (χ0) is 39.1. The highest BCUT2D eigenvalue weighted by Gasteiger charge is 2.48. The normalized spacial score (nSPS) is 20.9. The van der Waals surface area contributed by atoms with Gasteiger partial charge in [-0.05, 0) is 40.9 Å². The molecule has 2 rings (SSSR count). The Morgan fingerprint density at radius 2 is 1.57 bits per heavy atom. The van der Waals surface area contributed by atoms with Crippen molar-refractivity contribution in [1.29, 1.82) is 0 Å². The minimum atomic E-state index is -1.20. The maximum Gasteiger partial charge on any atom is 0.315 e. The largest absolute Gasteiger partial charge is 0.346 e. The summed E-state index contributed by atoms with van der Waals surface area (Å²) in [6.45, 7) is 22.5. The van der Waals surface area contributed by atoms with E-state index in [1.54, 1.807) is 20.8 Å². The van der Waals surface area contributed by atoms with E-state index >= 15 is 0 Å². The summed E-state index contributed by atoms with van der Waals surface area (Å²) in [5.41, 5.74) is -1.81. The van der Waals surface area contributed by atoms with E-state index in [1.807, 2.05) is 48.5 Å². The molecule has 0 aliphatic carbocycles. The number of nitrogens with zero attached hydrogens (tertiary/aromatic N) is 2. The van der Waals surface area contributed by atoms with Gasteiger partial charge in [0.05, 0.1) is 12.1 Å². The summed E-state index contributed by atoms with van der Waals surface area (Å²) in [6, 6.07) is -4.56. The van der Waals surface area contributed by atoms with Crippen molar-refractivity contribution in [2.24, 2.45) is 28.1 Å². The van der Waals surface area contributed by atoms with Gasteiger partial charge in [-0.1, -0.05) is 75.3 Å². The van der Waals surface area contributed by atoms with Crippen molar-refractivity contribution < 1.29 is 33.6 Å². The van der Waals surface area contributed by atoms with E-state index in [4.69, 9.17) is 6.42 Å². The Bertz CT molecular complexity index is 1380. The summed E-state index contributed by atoms with van der Waals surface area (Å²) < 4.78 is 0. The second-order valence-electron chi connectivity index (χ2n) is 17.1. The molecule has 0 aromatic carbocycles. The molecule has 13 heteroatoms. The lowest BCUT2D eigenvalue weighted by Gasteiger charge is -2.40. The predicted molar refractivity (Wildman–Crippen MR) is 195 cm³/mol. The van der Waals surface area contributed by atoms with Crippen molar-refractivity contribution in [3.63, 3.8) is 0 Å². The van der Waals surface area contributed by atoms with E-state index in [0.717, 1.165) is 0 Å². The molecule has 0 spiro atoms. The molecule has 3 unspecified atom stereocenters. The van der Waals surface area contributed by atoms with Crippen LogP contribution in [0.1, 0.15) is 101 Å². The molecule has 0 aromatic rings. The van der Waals surface area contributed by atoms with Crippen LogP contribution in [0.15, 0.2) is 12.7 Å². The number of urea groups is 1. The zero-order valence-electron chi connectivity index (χ0n) is 32.2. The second kappa shape index (κ2) is 17.3. The smallest absolute Gasteiger partial charge is 0.315 e. The van der Waals surface area contributed by atoms with Crippen LogP contribution in [0.25, 0.3) is 0 Å². The summed E-state index contributed by atoms with van der Waals surface area (Å²) in [5, 5.41) is 10.9. The Kier molecular flexibility index (Phi) is 14.6. The molecule has 2 heterocycles. The average Bonchev–Trinajstić information content (AvgIpc) is 3.45. The first-order valence-corrected chi connectivity index (χ1v) is 17.8. The van der Waals surface area contributed by atoms with Gasteiger partial charge in [0.25, 0.3) is 5.91 Å². The van der Waals surface area contributed by atoms with Gasteiger partial charge in [-0.15, -0.1) is 18.9 Å². The highest BCUT2D eigenvalue weighted by atomic mass is 16.2. The van der Waals surface area contributed by atoms with Gasteiger partial charge in [-0.2, -0.15) is 0 Å². The van der Waals surface area contributed by atoms with Crippen LogP contribution in [0, 0.1) is 40.4 Å². The van der Waals surface area contributed by atoms with E-state index in [-0.39, 0.29) is 69.0 Å². The minimum absolute atomic E-state index is 0.0167. The molecule has 0 radical (unpaired) electrons. The van der Waals surface area contributed by atoms with Gasteiger partial charge in [0.1, 0.15) is 12.1 Å². The van der Waals surface area contributed by atoms with E-state index in [0.29, 0.717) is 6.42 Å². The lowest BCUT2D eigenvalue weighted by atomic mass is 9.80. The molecule has 284 valence electrons. The van der Waals surface area contributed by atoms with Crippen LogP contribution in [-0.2, 0) is 28.8 Å². The van der Waals surface area contributed by atoms with Gasteiger partial charge < -0.3 is 26.2 Å². The number of hydrogen-bond donors (Lipinski definition) is 4. The second-order valence-corrected chi connectivity index (χ2v) is 17.1. The topological polar surface area (TPSA) is 174 Å². The average molecular weight is 713 g/mol. The van der Waals surface area contributed by atoms with Crippen molar-refractivity contribution >= 4 is 41.4 Å². The van der Waals surface area contributed by atoms with Crippen molar-refractivity contribution in [2.45, 2.75) is 126 Å². The number of carbonyl (C=O) groups excluding carboxylic acids is 7. The molecule has 0 bridgehead atoms. The first-order valence-electron chi connectivity index (χ1n) is 17.8. The van der Waals surface area contributed by atoms with E-state index in [1.165, 1.54) is 15.9 Å².